The first-order valence-electron chi connectivity index (χ1n) is 7.59. The SMILES string of the molecule is CC1(C)[C@H]2CC[C@]1(C)[C@]1(C2)ON=C(c2ccc(Cl)cc2)S1. The molecule has 3 aliphatic rings. The molecule has 1 spiro atoms. The van der Waals surface area contributed by atoms with E-state index in [4.69, 9.17) is 16.4 Å². The number of thioether (sulfide) groups is 1. The van der Waals surface area contributed by atoms with E-state index in [1.54, 1.807) is 0 Å². The Bertz CT molecular complexity index is 626. The molecule has 0 saturated heterocycles. The van der Waals surface area contributed by atoms with Crippen molar-refractivity contribution >= 4 is 28.4 Å². The van der Waals surface area contributed by atoms with Gasteiger partial charge in [0, 0.05) is 22.4 Å². The lowest BCUT2D eigenvalue weighted by atomic mass is 9.69. The van der Waals surface area contributed by atoms with E-state index in [0.717, 1.165) is 28.0 Å². The van der Waals surface area contributed by atoms with Crippen molar-refractivity contribution in [2.75, 3.05) is 0 Å². The smallest absolute Gasteiger partial charge is 0.194 e. The number of nitrogens with zero attached hydrogens (tertiary/aromatic N) is 1. The Morgan fingerprint density at radius 3 is 2.52 bits per heavy atom. The van der Waals surface area contributed by atoms with Crippen molar-refractivity contribution in [2.45, 2.75) is 45.0 Å². The van der Waals surface area contributed by atoms with Crippen molar-refractivity contribution in [1.82, 2.24) is 0 Å². The van der Waals surface area contributed by atoms with E-state index in [0.29, 0.717) is 5.41 Å². The molecule has 2 nitrogen and oxygen atoms in total. The minimum Gasteiger partial charge on any atom is -0.376 e. The van der Waals surface area contributed by atoms with Crippen LogP contribution < -0.4 is 0 Å². The molecule has 4 rings (SSSR count). The second-order valence-corrected chi connectivity index (χ2v) is 9.03. The largest absolute Gasteiger partial charge is 0.376 e. The van der Waals surface area contributed by atoms with Crippen molar-refractivity contribution in [1.29, 1.82) is 0 Å². The summed E-state index contributed by atoms with van der Waals surface area (Å²) in [5, 5.41) is 6.19. The van der Waals surface area contributed by atoms with Crippen LogP contribution in [-0.4, -0.2) is 9.98 Å². The molecule has 21 heavy (non-hydrogen) atoms. The molecule has 0 radical (unpaired) electrons. The fourth-order valence-electron chi connectivity index (χ4n) is 4.49. The van der Waals surface area contributed by atoms with Crippen LogP contribution in [-0.2, 0) is 4.84 Å². The second-order valence-electron chi connectivity index (χ2n) is 7.34. The molecule has 1 aliphatic heterocycles. The first kappa shape index (κ1) is 14.0. The highest BCUT2D eigenvalue weighted by Crippen LogP contribution is 2.74. The first-order chi connectivity index (χ1) is 9.88. The van der Waals surface area contributed by atoms with Gasteiger partial charge in [-0.1, -0.05) is 61.4 Å². The molecule has 2 bridgehead atoms. The molecule has 2 saturated carbocycles. The Hall–Kier alpha value is -0.670. The van der Waals surface area contributed by atoms with Crippen molar-refractivity contribution in [3.8, 4) is 0 Å². The predicted molar refractivity (Wildman–Crippen MR) is 88.6 cm³/mol. The monoisotopic (exact) mass is 321 g/mol. The summed E-state index contributed by atoms with van der Waals surface area (Å²) in [7, 11) is 0. The number of oxime groups is 1. The van der Waals surface area contributed by atoms with Crippen LogP contribution in [0.4, 0.5) is 0 Å². The number of rotatable bonds is 1. The molecule has 1 heterocycles. The molecule has 0 aromatic heterocycles. The second kappa shape index (κ2) is 4.20. The maximum atomic E-state index is 6.09. The number of hydrogen-bond donors (Lipinski definition) is 0. The molecule has 112 valence electrons. The van der Waals surface area contributed by atoms with Gasteiger partial charge in [-0.25, -0.2) is 0 Å². The zero-order valence-corrected chi connectivity index (χ0v) is 14.2. The molecule has 0 N–H and O–H groups in total. The summed E-state index contributed by atoms with van der Waals surface area (Å²) in [5.74, 6) is 0.745. The molecular formula is C17H20ClNOS. The first-order valence-corrected chi connectivity index (χ1v) is 8.79. The number of halogens is 1. The van der Waals surface area contributed by atoms with Crippen LogP contribution in [0.3, 0.4) is 0 Å². The standard InChI is InChI=1S/C17H20ClNOS/c1-15(2)12-8-9-16(15,3)17(10-12)20-19-14(21-17)11-4-6-13(18)7-5-11/h4-7,12H,8-10H2,1-3H3/t12-,16-,17+/m0/s1. The highest BCUT2D eigenvalue weighted by Gasteiger charge is 2.72. The van der Waals surface area contributed by atoms with Crippen molar-refractivity contribution < 1.29 is 4.84 Å². The third-order valence-electron chi connectivity index (χ3n) is 6.42. The van der Waals surface area contributed by atoms with E-state index in [-0.39, 0.29) is 10.3 Å². The summed E-state index contributed by atoms with van der Waals surface area (Å²) in [6, 6.07) is 7.88. The highest BCUT2D eigenvalue weighted by atomic mass is 35.5. The van der Waals surface area contributed by atoms with Gasteiger partial charge in [0.25, 0.3) is 0 Å². The Morgan fingerprint density at radius 1 is 1.24 bits per heavy atom. The molecule has 2 aliphatic carbocycles. The van der Waals surface area contributed by atoms with Crippen LogP contribution in [0.5, 0.6) is 0 Å². The zero-order valence-electron chi connectivity index (χ0n) is 12.6. The van der Waals surface area contributed by atoms with Gasteiger partial charge in [-0.15, -0.1) is 0 Å². The van der Waals surface area contributed by atoms with E-state index in [1.807, 2.05) is 36.0 Å². The number of hydrogen-bond acceptors (Lipinski definition) is 3. The van der Waals surface area contributed by atoms with Crippen LogP contribution in [0.15, 0.2) is 29.4 Å². The predicted octanol–water partition coefficient (Wildman–Crippen LogP) is 5.31. The maximum Gasteiger partial charge on any atom is 0.194 e. The van der Waals surface area contributed by atoms with Gasteiger partial charge >= 0.3 is 0 Å². The van der Waals surface area contributed by atoms with Gasteiger partial charge in [-0.05, 0) is 36.3 Å². The molecule has 4 heteroatoms. The van der Waals surface area contributed by atoms with Crippen LogP contribution in [0.25, 0.3) is 0 Å². The van der Waals surface area contributed by atoms with Gasteiger partial charge < -0.3 is 4.84 Å². The van der Waals surface area contributed by atoms with Gasteiger partial charge in [-0.3, -0.25) is 0 Å². The molecule has 1 aromatic rings. The van der Waals surface area contributed by atoms with E-state index in [9.17, 15) is 0 Å². The zero-order chi connectivity index (χ0) is 14.9. The van der Waals surface area contributed by atoms with E-state index >= 15 is 0 Å². The Kier molecular flexibility index (Phi) is 2.79. The molecule has 3 atom stereocenters. The lowest BCUT2D eigenvalue weighted by Crippen LogP contribution is -2.44. The summed E-state index contributed by atoms with van der Waals surface area (Å²) in [5.41, 5.74) is 1.61. The van der Waals surface area contributed by atoms with E-state index in [1.165, 1.54) is 12.8 Å². The summed E-state index contributed by atoms with van der Waals surface area (Å²) in [6.45, 7) is 7.21. The average Bonchev–Trinajstić information content (AvgIpc) is 3.01. The van der Waals surface area contributed by atoms with Crippen LogP contribution >= 0.6 is 23.4 Å². The van der Waals surface area contributed by atoms with Crippen molar-refractivity contribution in [3.05, 3.63) is 34.9 Å². The molecule has 2 fully saturated rings. The topological polar surface area (TPSA) is 21.6 Å². The van der Waals surface area contributed by atoms with Gasteiger partial charge in [-0.2, -0.15) is 0 Å². The summed E-state index contributed by atoms with van der Waals surface area (Å²) >= 11 is 7.80. The molecular weight excluding hydrogens is 302 g/mol. The van der Waals surface area contributed by atoms with Crippen LogP contribution in [0.2, 0.25) is 5.02 Å². The van der Waals surface area contributed by atoms with Crippen LogP contribution in [0.1, 0.15) is 45.6 Å². The van der Waals surface area contributed by atoms with Gasteiger partial charge in [0.2, 0.25) is 0 Å². The minimum atomic E-state index is -0.172. The highest BCUT2D eigenvalue weighted by molar-refractivity contribution is 8.15. The lowest BCUT2D eigenvalue weighted by molar-refractivity contribution is -0.0659. The average molecular weight is 322 g/mol. The van der Waals surface area contributed by atoms with Gasteiger partial charge in [0.05, 0.1) is 0 Å². The number of fused-ring (bicyclic) bond motifs is 3. The Labute approximate surface area is 135 Å². The minimum absolute atomic E-state index is 0.172. The van der Waals surface area contributed by atoms with E-state index in [2.05, 4.69) is 25.9 Å². The fourth-order valence-corrected chi connectivity index (χ4v) is 6.21. The molecule has 0 unspecified atom stereocenters. The summed E-state index contributed by atoms with van der Waals surface area (Å²) in [4.78, 5) is 5.92. The third-order valence-corrected chi connectivity index (χ3v) is 8.20. The van der Waals surface area contributed by atoms with Gasteiger partial charge in [0.15, 0.2) is 4.93 Å². The fraction of sp³-hybridized carbons (Fsp3) is 0.588. The van der Waals surface area contributed by atoms with Crippen molar-refractivity contribution in [2.24, 2.45) is 21.9 Å². The van der Waals surface area contributed by atoms with Gasteiger partial charge in [0.1, 0.15) is 5.04 Å². The Morgan fingerprint density at radius 2 is 1.95 bits per heavy atom. The lowest BCUT2D eigenvalue weighted by Gasteiger charge is -2.43. The third kappa shape index (κ3) is 1.65. The quantitative estimate of drug-likeness (QED) is 0.699. The normalized spacial score (nSPS) is 39.6. The summed E-state index contributed by atoms with van der Waals surface area (Å²) in [6.07, 6.45) is 3.67. The molecule has 1 aromatic carbocycles. The summed E-state index contributed by atoms with van der Waals surface area (Å²) < 4.78 is 0. The van der Waals surface area contributed by atoms with Crippen molar-refractivity contribution in [3.63, 3.8) is 0 Å². The van der Waals surface area contributed by atoms with E-state index < -0.39 is 0 Å². The van der Waals surface area contributed by atoms with Crippen LogP contribution in [0, 0.1) is 16.7 Å². The molecule has 0 amide bonds. The maximum absolute atomic E-state index is 6.09. The Balaban J connectivity index is 1.65. The number of benzene rings is 1.